The molecule has 0 saturated heterocycles. The zero-order valence-corrected chi connectivity index (χ0v) is 10.0. The minimum Gasteiger partial charge on any atom is -0.477 e. The second-order valence-corrected chi connectivity index (χ2v) is 3.82. The number of rotatable bonds is 4. The number of hydrogen-bond acceptors (Lipinski definition) is 4. The van der Waals surface area contributed by atoms with Gasteiger partial charge in [-0.2, -0.15) is 0 Å². The summed E-state index contributed by atoms with van der Waals surface area (Å²) in [6, 6.07) is 3.05. The van der Waals surface area contributed by atoms with Crippen molar-refractivity contribution in [3.63, 3.8) is 0 Å². The smallest absolute Gasteiger partial charge is 0.352 e. The first kappa shape index (κ1) is 12.2. The molecular formula is C12H13NO5. The lowest BCUT2D eigenvalue weighted by Gasteiger charge is -2.16. The van der Waals surface area contributed by atoms with Crippen LogP contribution in [-0.2, 0) is 9.53 Å². The van der Waals surface area contributed by atoms with Gasteiger partial charge in [0.25, 0.3) is 0 Å². The highest BCUT2D eigenvalue weighted by Gasteiger charge is 2.22. The molecule has 2 aromatic heterocycles. The summed E-state index contributed by atoms with van der Waals surface area (Å²) >= 11 is 0. The zero-order valence-electron chi connectivity index (χ0n) is 10.0. The maximum absolute atomic E-state index is 11.3. The molecule has 0 aliphatic heterocycles. The monoisotopic (exact) mass is 251 g/mol. The van der Waals surface area contributed by atoms with Gasteiger partial charge in [0.05, 0.1) is 11.8 Å². The van der Waals surface area contributed by atoms with Crippen LogP contribution < -0.4 is 0 Å². The van der Waals surface area contributed by atoms with E-state index in [-0.39, 0.29) is 18.1 Å². The van der Waals surface area contributed by atoms with E-state index < -0.39 is 12.2 Å². The summed E-state index contributed by atoms with van der Waals surface area (Å²) in [5.41, 5.74) is 1.07. The normalized spacial score (nSPS) is 12.6. The van der Waals surface area contributed by atoms with Crippen LogP contribution in [0.5, 0.6) is 0 Å². The topological polar surface area (TPSA) is 81.7 Å². The van der Waals surface area contributed by atoms with Gasteiger partial charge in [0.1, 0.15) is 5.69 Å². The third-order valence-corrected chi connectivity index (χ3v) is 2.63. The van der Waals surface area contributed by atoms with Crippen LogP contribution >= 0.6 is 0 Å². The van der Waals surface area contributed by atoms with Gasteiger partial charge in [-0.15, -0.1) is 0 Å². The van der Waals surface area contributed by atoms with Gasteiger partial charge in [-0.05, 0) is 6.92 Å². The summed E-state index contributed by atoms with van der Waals surface area (Å²) in [6.07, 6.45) is 1.00. The minimum absolute atomic E-state index is 0.0285. The lowest BCUT2D eigenvalue weighted by atomic mass is 10.4. The van der Waals surface area contributed by atoms with Crippen LogP contribution in [0, 0.1) is 0 Å². The molecule has 2 aromatic rings. The largest absolute Gasteiger partial charge is 0.477 e. The number of furan rings is 1. The highest BCUT2D eigenvalue weighted by molar-refractivity contribution is 5.92. The fourth-order valence-corrected chi connectivity index (χ4v) is 1.83. The highest BCUT2D eigenvalue weighted by atomic mass is 16.6. The van der Waals surface area contributed by atoms with Gasteiger partial charge in [-0.1, -0.05) is 6.92 Å². The van der Waals surface area contributed by atoms with Crippen LogP contribution in [0.25, 0.3) is 11.1 Å². The van der Waals surface area contributed by atoms with E-state index in [0.29, 0.717) is 11.1 Å². The molecule has 2 heterocycles. The summed E-state index contributed by atoms with van der Waals surface area (Å²) in [5.74, 6) is -1.48. The van der Waals surface area contributed by atoms with Gasteiger partial charge in [0.2, 0.25) is 0 Å². The standard InChI is InChI=1S/C12H13NO5/c1-3-11(14)18-7(2)13-8-4-5-17-10(8)6-9(13)12(15)16/h4-7H,3H2,1-2H3,(H,15,16). The summed E-state index contributed by atoms with van der Waals surface area (Å²) in [4.78, 5) is 22.4. The molecule has 1 N–H and O–H groups in total. The molecule has 0 aliphatic rings. The van der Waals surface area contributed by atoms with Gasteiger partial charge in [-0.25, -0.2) is 4.79 Å². The number of esters is 1. The first-order valence-electron chi connectivity index (χ1n) is 5.55. The van der Waals surface area contributed by atoms with Crippen LogP contribution in [0.15, 0.2) is 22.8 Å². The predicted octanol–water partition coefficient (Wildman–Crippen LogP) is 2.40. The molecule has 0 fully saturated rings. The van der Waals surface area contributed by atoms with Crippen LogP contribution in [0.1, 0.15) is 37.0 Å². The molecule has 0 aromatic carbocycles. The van der Waals surface area contributed by atoms with Crippen LogP contribution in [-0.4, -0.2) is 21.6 Å². The minimum atomic E-state index is -1.10. The average Bonchev–Trinajstić information content (AvgIpc) is 2.87. The number of ether oxygens (including phenoxy) is 1. The van der Waals surface area contributed by atoms with Crippen molar-refractivity contribution in [3.8, 4) is 0 Å². The number of hydrogen-bond donors (Lipinski definition) is 1. The van der Waals surface area contributed by atoms with E-state index in [1.807, 2.05) is 0 Å². The zero-order chi connectivity index (χ0) is 13.3. The Morgan fingerprint density at radius 3 is 2.89 bits per heavy atom. The summed E-state index contributed by atoms with van der Waals surface area (Å²) < 4.78 is 11.7. The van der Waals surface area contributed by atoms with E-state index in [1.54, 1.807) is 19.9 Å². The fourth-order valence-electron chi connectivity index (χ4n) is 1.83. The molecule has 0 bridgehead atoms. The van der Waals surface area contributed by atoms with E-state index >= 15 is 0 Å². The number of aromatic carboxylic acids is 1. The van der Waals surface area contributed by atoms with Crippen molar-refractivity contribution < 1.29 is 23.8 Å². The van der Waals surface area contributed by atoms with E-state index in [4.69, 9.17) is 14.3 Å². The van der Waals surface area contributed by atoms with Crippen LogP contribution in [0.4, 0.5) is 0 Å². The molecule has 96 valence electrons. The van der Waals surface area contributed by atoms with Crippen molar-refractivity contribution in [2.45, 2.75) is 26.5 Å². The van der Waals surface area contributed by atoms with Crippen molar-refractivity contribution in [3.05, 3.63) is 24.1 Å². The number of carbonyl (C=O) groups excluding carboxylic acids is 1. The third kappa shape index (κ3) is 1.97. The number of carboxylic acid groups (broad SMARTS) is 1. The third-order valence-electron chi connectivity index (χ3n) is 2.63. The first-order valence-corrected chi connectivity index (χ1v) is 5.55. The number of carbonyl (C=O) groups is 2. The Hall–Kier alpha value is -2.24. The molecule has 1 unspecified atom stereocenters. The number of nitrogens with zero attached hydrogens (tertiary/aromatic N) is 1. The molecule has 6 nitrogen and oxygen atoms in total. The van der Waals surface area contributed by atoms with E-state index in [1.165, 1.54) is 16.9 Å². The maximum Gasteiger partial charge on any atom is 0.352 e. The second kappa shape index (κ2) is 4.56. The van der Waals surface area contributed by atoms with E-state index in [9.17, 15) is 9.59 Å². The molecule has 18 heavy (non-hydrogen) atoms. The SMILES string of the molecule is CCC(=O)OC(C)n1c(C(=O)O)cc2occc21. The van der Waals surface area contributed by atoms with E-state index in [2.05, 4.69) is 0 Å². The molecule has 0 aliphatic carbocycles. The molecule has 0 saturated carbocycles. The Kier molecular flexibility index (Phi) is 3.10. The Bertz CT molecular complexity index is 595. The quantitative estimate of drug-likeness (QED) is 0.844. The van der Waals surface area contributed by atoms with Crippen LogP contribution in [0.2, 0.25) is 0 Å². The second-order valence-electron chi connectivity index (χ2n) is 3.82. The Morgan fingerprint density at radius 1 is 1.56 bits per heavy atom. The lowest BCUT2D eigenvalue weighted by Crippen LogP contribution is -2.18. The summed E-state index contributed by atoms with van der Waals surface area (Å²) in [7, 11) is 0. The first-order chi connectivity index (χ1) is 8.54. The van der Waals surface area contributed by atoms with Crippen LogP contribution in [0.3, 0.4) is 0 Å². The van der Waals surface area contributed by atoms with Crippen molar-refractivity contribution in [1.29, 1.82) is 0 Å². The Balaban J connectivity index is 2.46. The Morgan fingerprint density at radius 2 is 2.28 bits per heavy atom. The predicted molar refractivity (Wildman–Crippen MR) is 62.3 cm³/mol. The Labute approximate surface area is 103 Å². The number of fused-ring (bicyclic) bond motifs is 1. The van der Waals surface area contributed by atoms with Crippen molar-refractivity contribution in [1.82, 2.24) is 4.57 Å². The molecule has 2 rings (SSSR count). The molecular weight excluding hydrogens is 238 g/mol. The van der Waals surface area contributed by atoms with Gasteiger partial charge in [-0.3, -0.25) is 9.36 Å². The molecule has 0 spiro atoms. The van der Waals surface area contributed by atoms with Crippen molar-refractivity contribution >= 4 is 23.0 Å². The molecule has 1 atom stereocenters. The summed E-state index contributed by atoms with van der Waals surface area (Å²) in [6.45, 7) is 3.29. The molecule has 0 radical (unpaired) electrons. The van der Waals surface area contributed by atoms with Crippen molar-refractivity contribution in [2.24, 2.45) is 0 Å². The van der Waals surface area contributed by atoms with Gasteiger partial charge < -0.3 is 14.3 Å². The number of carboxylic acids is 1. The highest BCUT2D eigenvalue weighted by Crippen LogP contribution is 2.26. The average molecular weight is 251 g/mol. The summed E-state index contributed by atoms with van der Waals surface area (Å²) in [5, 5.41) is 9.12. The molecule has 0 amide bonds. The maximum atomic E-state index is 11.3. The van der Waals surface area contributed by atoms with Gasteiger partial charge in [0.15, 0.2) is 11.8 Å². The molecule has 6 heteroatoms. The fraction of sp³-hybridized carbons (Fsp3) is 0.333. The van der Waals surface area contributed by atoms with E-state index in [0.717, 1.165) is 0 Å². The lowest BCUT2D eigenvalue weighted by molar-refractivity contribution is -0.152. The van der Waals surface area contributed by atoms with Gasteiger partial charge >= 0.3 is 11.9 Å². The van der Waals surface area contributed by atoms with Gasteiger partial charge in [0, 0.05) is 18.6 Å². The van der Waals surface area contributed by atoms with Crippen molar-refractivity contribution in [2.75, 3.05) is 0 Å². The number of aromatic nitrogens is 1.